The minimum atomic E-state index is 1.10. The number of fused-ring (bicyclic) bond motifs is 3. The third-order valence-corrected chi connectivity index (χ3v) is 5.17. The first-order valence-electron chi connectivity index (χ1n) is 7.21. The molecule has 4 rings (SSSR count). The van der Waals surface area contributed by atoms with Crippen molar-refractivity contribution in [2.75, 3.05) is 12.4 Å². The van der Waals surface area contributed by atoms with E-state index in [1.807, 2.05) is 18.4 Å². The summed E-state index contributed by atoms with van der Waals surface area (Å²) in [5.74, 6) is 0. The molecule has 0 amide bonds. The second-order valence-corrected chi connectivity index (χ2v) is 6.38. The van der Waals surface area contributed by atoms with Gasteiger partial charge in [0, 0.05) is 28.7 Å². The van der Waals surface area contributed by atoms with E-state index in [0.29, 0.717) is 0 Å². The Morgan fingerprint density at radius 1 is 1.14 bits per heavy atom. The van der Waals surface area contributed by atoms with Crippen molar-refractivity contribution >= 4 is 17.0 Å². The van der Waals surface area contributed by atoms with E-state index in [-0.39, 0.29) is 0 Å². The Kier molecular flexibility index (Phi) is 2.86. The Morgan fingerprint density at radius 2 is 1.95 bits per heavy atom. The van der Waals surface area contributed by atoms with Gasteiger partial charge in [0.05, 0.1) is 17.1 Å². The normalized spacial score (nSPS) is 12.9. The summed E-state index contributed by atoms with van der Waals surface area (Å²) in [6, 6.07) is 10.7. The lowest BCUT2D eigenvalue weighted by Gasteiger charge is -2.15. The summed E-state index contributed by atoms with van der Waals surface area (Å²) < 4.78 is 2.11. The van der Waals surface area contributed by atoms with E-state index in [9.17, 15) is 0 Å². The molecule has 0 spiro atoms. The molecule has 0 atom stereocenters. The summed E-state index contributed by atoms with van der Waals surface area (Å²) in [6.45, 7) is 2.12. The molecule has 2 heterocycles. The van der Waals surface area contributed by atoms with Gasteiger partial charge in [-0.3, -0.25) is 0 Å². The van der Waals surface area contributed by atoms with Gasteiger partial charge in [-0.1, -0.05) is 0 Å². The van der Waals surface area contributed by atoms with Crippen LogP contribution in [-0.4, -0.2) is 16.8 Å². The highest BCUT2D eigenvalue weighted by Crippen LogP contribution is 2.39. The Morgan fingerprint density at radius 3 is 2.71 bits per heavy atom. The van der Waals surface area contributed by atoms with Gasteiger partial charge < -0.3 is 5.32 Å². The first-order chi connectivity index (χ1) is 10.3. The van der Waals surface area contributed by atoms with Crippen molar-refractivity contribution in [3.05, 3.63) is 51.8 Å². The van der Waals surface area contributed by atoms with Crippen LogP contribution in [0, 0.1) is 6.92 Å². The molecule has 1 N–H and O–H groups in total. The zero-order valence-corrected chi connectivity index (χ0v) is 13.0. The van der Waals surface area contributed by atoms with Crippen LogP contribution in [0.1, 0.15) is 16.1 Å². The summed E-state index contributed by atoms with van der Waals surface area (Å²) in [5.41, 5.74) is 7.44. The zero-order chi connectivity index (χ0) is 14.4. The van der Waals surface area contributed by atoms with Crippen LogP contribution in [-0.2, 0) is 12.8 Å². The van der Waals surface area contributed by atoms with E-state index in [0.717, 1.165) is 29.9 Å². The molecule has 0 radical (unpaired) electrons. The smallest absolute Gasteiger partial charge is 0.0787 e. The number of aryl methyl sites for hydroxylation is 2. The molecule has 3 nitrogen and oxygen atoms in total. The van der Waals surface area contributed by atoms with Gasteiger partial charge in [0.2, 0.25) is 0 Å². The fraction of sp³-hybridized carbons (Fsp3) is 0.235. The molecule has 4 heteroatoms. The van der Waals surface area contributed by atoms with Gasteiger partial charge in [0.1, 0.15) is 0 Å². The maximum absolute atomic E-state index is 4.80. The largest absolute Gasteiger partial charge is 0.388 e. The molecule has 1 aromatic carbocycles. The third kappa shape index (κ3) is 1.90. The van der Waals surface area contributed by atoms with Gasteiger partial charge >= 0.3 is 0 Å². The number of thiophene rings is 1. The Labute approximate surface area is 128 Å². The molecule has 0 saturated heterocycles. The van der Waals surface area contributed by atoms with Crippen molar-refractivity contribution in [3.63, 3.8) is 0 Å². The standard InChI is InChI=1S/C17H17N3S/c1-11-14-7-8-16-15(9-10-21-16)17(14)20(19-11)13-5-3-12(18-2)4-6-13/h3-6,9-10,18H,7-8H2,1-2H3. The molecule has 0 bridgehead atoms. The molecule has 21 heavy (non-hydrogen) atoms. The lowest BCUT2D eigenvalue weighted by molar-refractivity contribution is 0.868. The van der Waals surface area contributed by atoms with Crippen molar-refractivity contribution in [3.8, 4) is 16.9 Å². The van der Waals surface area contributed by atoms with Gasteiger partial charge in [0.15, 0.2) is 0 Å². The number of aromatic nitrogens is 2. The highest BCUT2D eigenvalue weighted by Gasteiger charge is 2.24. The second kappa shape index (κ2) is 4.74. The van der Waals surface area contributed by atoms with Gasteiger partial charge in [-0.2, -0.15) is 5.10 Å². The van der Waals surface area contributed by atoms with E-state index >= 15 is 0 Å². The lowest BCUT2D eigenvalue weighted by atomic mass is 9.95. The fourth-order valence-corrected chi connectivity index (χ4v) is 3.96. The number of hydrogen-bond donors (Lipinski definition) is 1. The summed E-state index contributed by atoms with van der Waals surface area (Å²) in [5, 5.41) is 10.1. The van der Waals surface area contributed by atoms with E-state index in [1.165, 1.54) is 21.7 Å². The minimum Gasteiger partial charge on any atom is -0.388 e. The van der Waals surface area contributed by atoms with Gasteiger partial charge in [-0.05, 0) is 55.5 Å². The maximum Gasteiger partial charge on any atom is 0.0787 e. The second-order valence-electron chi connectivity index (χ2n) is 5.38. The predicted molar refractivity (Wildman–Crippen MR) is 88.6 cm³/mol. The SMILES string of the molecule is CNc1ccc(-n2nc(C)c3c2-c2ccsc2CC3)cc1. The van der Waals surface area contributed by atoms with Crippen LogP contribution in [0.3, 0.4) is 0 Å². The highest BCUT2D eigenvalue weighted by molar-refractivity contribution is 7.10. The number of nitrogens with zero attached hydrogens (tertiary/aromatic N) is 2. The fourth-order valence-electron chi connectivity index (χ4n) is 3.08. The van der Waals surface area contributed by atoms with Crippen molar-refractivity contribution in [1.29, 1.82) is 0 Å². The van der Waals surface area contributed by atoms with Crippen molar-refractivity contribution in [2.24, 2.45) is 0 Å². The number of rotatable bonds is 2. The zero-order valence-electron chi connectivity index (χ0n) is 12.2. The van der Waals surface area contributed by atoms with Gasteiger partial charge in [-0.25, -0.2) is 4.68 Å². The average molecular weight is 295 g/mol. The van der Waals surface area contributed by atoms with Crippen LogP contribution in [0.25, 0.3) is 16.9 Å². The molecule has 2 aromatic heterocycles. The molecular weight excluding hydrogens is 278 g/mol. The topological polar surface area (TPSA) is 29.9 Å². The number of anilines is 1. The quantitative estimate of drug-likeness (QED) is 0.773. The van der Waals surface area contributed by atoms with Crippen molar-refractivity contribution in [1.82, 2.24) is 9.78 Å². The molecule has 1 aliphatic carbocycles. The molecule has 0 fully saturated rings. The van der Waals surface area contributed by atoms with Crippen LogP contribution in [0.5, 0.6) is 0 Å². The Balaban J connectivity index is 1.91. The van der Waals surface area contributed by atoms with Crippen LogP contribution in [0.15, 0.2) is 35.7 Å². The van der Waals surface area contributed by atoms with Crippen molar-refractivity contribution in [2.45, 2.75) is 19.8 Å². The van der Waals surface area contributed by atoms with E-state index in [1.54, 1.807) is 0 Å². The van der Waals surface area contributed by atoms with Crippen LogP contribution >= 0.6 is 11.3 Å². The third-order valence-electron chi connectivity index (χ3n) is 4.19. The van der Waals surface area contributed by atoms with Gasteiger partial charge in [-0.15, -0.1) is 11.3 Å². The Bertz CT molecular complexity index is 796. The van der Waals surface area contributed by atoms with Crippen LogP contribution in [0.4, 0.5) is 5.69 Å². The average Bonchev–Trinajstić information content (AvgIpc) is 3.11. The first kappa shape index (κ1) is 12.7. The molecule has 1 aliphatic rings. The highest BCUT2D eigenvalue weighted by atomic mass is 32.1. The van der Waals surface area contributed by atoms with Gasteiger partial charge in [0.25, 0.3) is 0 Å². The minimum absolute atomic E-state index is 1.10. The summed E-state index contributed by atoms with van der Waals surface area (Å²) >= 11 is 1.86. The number of benzene rings is 1. The summed E-state index contributed by atoms with van der Waals surface area (Å²) in [6.07, 6.45) is 2.24. The van der Waals surface area contributed by atoms with E-state index in [2.05, 4.69) is 52.6 Å². The van der Waals surface area contributed by atoms with E-state index < -0.39 is 0 Å². The monoisotopic (exact) mass is 295 g/mol. The Hall–Kier alpha value is -2.07. The van der Waals surface area contributed by atoms with E-state index in [4.69, 9.17) is 5.10 Å². The molecule has 0 unspecified atom stereocenters. The van der Waals surface area contributed by atoms with Crippen molar-refractivity contribution < 1.29 is 0 Å². The molecular formula is C17H17N3S. The summed E-state index contributed by atoms with van der Waals surface area (Å²) in [7, 11) is 1.94. The summed E-state index contributed by atoms with van der Waals surface area (Å²) in [4.78, 5) is 1.48. The maximum atomic E-state index is 4.80. The van der Waals surface area contributed by atoms with Crippen LogP contribution in [0.2, 0.25) is 0 Å². The molecule has 3 aromatic rings. The predicted octanol–water partition coefficient (Wildman–Crippen LogP) is 4.05. The lowest BCUT2D eigenvalue weighted by Crippen LogP contribution is -2.05. The number of hydrogen-bond acceptors (Lipinski definition) is 3. The first-order valence-corrected chi connectivity index (χ1v) is 8.09. The molecule has 106 valence electrons. The van der Waals surface area contributed by atoms with Crippen LogP contribution < -0.4 is 5.32 Å². The molecule has 0 aliphatic heterocycles. The molecule has 0 saturated carbocycles. The number of nitrogens with one attached hydrogen (secondary N) is 1.